The Morgan fingerprint density at radius 2 is 1.73 bits per heavy atom. The molecule has 2 amide bonds. The molecule has 0 aliphatic carbocycles. The first-order chi connectivity index (χ1) is 12.6. The van der Waals surface area contributed by atoms with Crippen LogP contribution in [0.4, 0.5) is 0 Å². The summed E-state index contributed by atoms with van der Waals surface area (Å²) in [4.78, 5) is 23.4. The molecule has 0 aliphatic heterocycles. The van der Waals surface area contributed by atoms with Crippen LogP contribution in [0.1, 0.15) is 11.1 Å². The van der Waals surface area contributed by atoms with E-state index in [4.69, 9.17) is 9.47 Å². The first-order valence-electron chi connectivity index (χ1n) is 8.01. The normalized spacial score (nSPS) is 10.4. The Hall–Kier alpha value is -3.35. The zero-order valence-corrected chi connectivity index (χ0v) is 14.7. The van der Waals surface area contributed by atoms with E-state index in [9.17, 15) is 9.59 Å². The molecule has 7 heteroatoms. The molecule has 26 heavy (non-hydrogen) atoms. The molecule has 7 nitrogen and oxygen atoms in total. The minimum atomic E-state index is -0.824. The molecule has 2 aromatic carbocycles. The second-order valence-corrected chi connectivity index (χ2v) is 5.31. The van der Waals surface area contributed by atoms with Crippen LogP contribution >= 0.6 is 0 Å². The van der Waals surface area contributed by atoms with Crippen molar-refractivity contribution < 1.29 is 19.1 Å². The van der Waals surface area contributed by atoms with Gasteiger partial charge in [-0.25, -0.2) is 5.43 Å². The molecule has 2 aromatic rings. The number of rotatable bonds is 7. The van der Waals surface area contributed by atoms with E-state index in [1.807, 2.05) is 30.3 Å². The topological polar surface area (TPSA) is 89.0 Å². The molecule has 0 saturated carbocycles. The molecule has 0 fully saturated rings. The second-order valence-electron chi connectivity index (χ2n) is 5.31. The zero-order valence-electron chi connectivity index (χ0n) is 14.7. The second kappa shape index (κ2) is 9.83. The van der Waals surface area contributed by atoms with Gasteiger partial charge >= 0.3 is 11.8 Å². The lowest BCUT2D eigenvalue weighted by Gasteiger charge is -2.07. The van der Waals surface area contributed by atoms with Gasteiger partial charge in [0.2, 0.25) is 0 Å². The van der Waals surface area contributed by atoms with Gasteiger partial charge in [-0.15, -0.1) is 0 Å². The van der Waals surface area contributed by atoms with E-state index >= 15 is 0 Å². The SMILES string of the molecule is COc1ccc(/C=N/NC(=O)C(=O)NCCc2ccccc2)cc1OC. The quantitative estimate of drug-likeness (QED) is 0.448. The molecule has 0 aromatic heterocycles. The summed E-state index contributed by atoms with van der Waals surface area (Å²) < 4.78 is 10.3. The van der Waals surface area contributed by atoms with Crippen molar-refractivity contribution in [1.29, 1.82) is 0 Å². The minimum Gasteiger partial charge on any atom is -0.493 e. The highest BCUT2D eigenvalue weighted by molar-refractivity contribution is 6.35. The number of benzene rings is 2. The van der Waals surface area contributed by atoms with Gasteiger partial charge in [0.25, 0.3) is 0 Å². The van der Waals surface area contributed by atoms with E-state index in [0.29, 0.717) is 30.0 Å². The number of nitrogens with zero attached hydrogens (tertiary/aromatic N) is 1. The van der Waals surface area contributed by atoms with Crippen LogP contribution in [0.3, 0.4) is 0 Å². The summed E-state index contributed by atoms with van der Waals surface area (Å²) in [5, 5.41) is 6.33. The third-order valence-corrected chi connectivity index (χ3v) is 3.54. The largest absolute Gasteiger partial charge is 0.493 e. The fraction of sp³-hybridized carbons (Fsp3) is 0.211. The molecule has 0 heterocycles. The monoisotopic (exact) mass is 355 g/mol. The standard InChI is InChI=1S/C19H21N3O4/c1-25-16-9-8-15(12-17(16)26-2)13-21-22-19(24)18(23)20-11-10-14-6-4-3-5-7-14/h3-9,12-13H,10-11H2,1-2H3,(H,20,23)(H,22,24)/b21-13+. The molecule has 0 bridgehead atoms. The summed E-state index contributed by atoms with van der Waals surface area (Å²) in [7, 11) is 3.07. The molecule has 0 spiro atoms. The molecular formula is C19H21N3O4. The Kier molecular flexibility index (Phi) is 7.17. The lowest BCUT2D eigenvalue weighted by molar-refractivity contribution is -0.139. The summed E-state index contributed by atoms with van der Waals surface area (Å²) in [5.41, 5.74) is 3.96. The molecule has 0 radical (unpaired) electrons. The van der Waals surface area contributed by atoms with Crippen molar-refractivity contribution in [2.75, 3.05) is 20.8 Å². The van der Waals surface area contributed by atoms with E-state index in [0.717, 1.165) is 5.56 Å². The van der Waals surface area contributed by atoms with Crippen LogP contribution in [0.2, 0.25) is 0 Å². The van der Waals surface area contributed by atoms with Gasteiger partial charge in [0.05, 0.1) is 20.4 Å². The number of carbonyl (C=O) groups is 2. The summed E-state index contributed by atoms with van der Waals surface area (Å²) in [5.74, 6) is -0.423. The highest BCUT2D eigenvalue weighted by atomic mass is 16.5. The van der Waals surface area contributed by atoms with E-state index in [2.05, 4.69) is 15.8 Å². The van der Waals surface area contributed by atoms with Gasteiger partial charge in [-0.1, -0.05) is 30.3 Å². The van der Waals surface area contributed by atoms with Gasteiger partial charge in [-0.05, 0) is 35.7 Å². The minimum absolute atomic E-state index is 0.371. The Bertz CT molecular complexity index is 776. The van der Waals surface area contributed by atoms with Crippen molar-refractivity contribution in [1.82, 2.24) is 10.7 Å². The van der Waals surface area contributed by atoms with Crippen molar-refractivity contribution in [2.24, 2.45) is 5.10 Å². The van der Waals surface area contributed by atoms with Gasteiger partial charge in [0.15, 0.2) is 11.5 Å². The van der Waals surface area contributed by atoms with Crippen molar-refractivity contribution in [3.8, 4) is 11.5 Å². The molecule has 2 N–H and O–H groups in total. The molecule has 136 valence electrons. The summed E-state index contributed by atoms with van der Waals surface area (Å²) in [6, 6.07) is 14.9. The zero-order chi connectivity index (χ0) is 18.8. The number of ether oxygens (including phenoxy) is 2. The molecular weight excluding hydrogens is 334 g/mol. The van der Waals surface area contributed by atoms with Crippen LogP contribution in [-0.2, 0) is 16.0 Å². The Morgan fingerprint density at radius 1 is 1.00 bits per heavy atom. The molecule has 0 aliphatic rings. The van der Waals surface area contributed by atoms with Crippen molar-refractivity contribution in [2.45, 2.75) is 6.42 Å². The number of carbonyl (C=O) groups excluding carboxylic acids is 2. The van der Waals surface area contributed by atoms with Gasteiger partial charge in [0.1, 0.15) is 0 Å². The number of hydrazone groups is 1. The number of hydrogen-bond acceptors (Lipinski definition) is 5. The van der Waals surface area contributed by atoms with Crippen LogP contribution in [0.25, 0.3) is 0 Å². The average Bonchev–Trinajstić information content (AvgIpc) is 2.68. The summed E-state index contributed by atoms with van der Waals surface area (Å²) in [6.07, 6.45) is 2.06. The molecule has 0 saturated heterocycles. The predicted octanol–water partition coefficient (Wildman–Crippen LogP) is 1.51. The fourth-order valence-corrected chi connectivity index (χ4v) is 2.19. The van der Waals surface area contributed by atoms with Crippen LogP contribution < -0.4 is 20.2 Å². The van der Waals surface area contributed by atoms with Gasteiger partial charge in [0, 0.05) is 6.54 Å². The van der Waals surface area contributed by atoms with Crippen LogP contribution in [0.5, 0.6) is 11.5 Å². The smallest absolute Gasteiger partial charge is 0.329 e. The first-order valence-corrected chi connectivity index (χ1v) is 8.01. The number of hydrogen-bond donors (Lipinski definition) is 2. The molecule has 0 atom stereocenters. The predicted molar refractivity (Wildman–Crippen MR) is 98.4 cm³/mol. The summed E-state index contributed by atoms with van der Waals surface area (Å²) in [6.45, 7) is 0.371. The Balaban J connectivity index is 1.80. The Labute approximate surface area is 152 Å². The number of nitrogens with one attached hydrogen (secondary N) is 2. The van der Waals surface area contributed by atoms with Crippen LogP contribution in [0.15, 0.2) is 53.6 Å². The maximum absolute atomic E-state index is 11.7. The highest BCUT2D eigenvalue weighted by Crippen LogP contribution is 2.26. The maximum Gasteiger partial charge on any atom is 0.329 e. The average molecular weight is 355 g/mol. The third kappa shape index (κ3) is 5.62. The van der Waals surface area contributed by atoms with Gasteiger partial charge in [-0.2, -0.15) is 5.10 Å². The third-order valence-electron chi connectivity index (χ3n) is 3.54. The molecule has 2 rings (SSSR count). The van der Waals surface area contributed by atoms with E-state index < -0.39 is 11.8 Å². The lowest BCUT2D eigenvalue weighted by atomic mass is 10.1. The van der Waals surface area contributed by atoms with E-state index in [-0.39, 0.29) is 0 Å². The van der Waals surface area contributed by atoms with Crippen molar-refractivity contribution in [3.05, 3.63) is 59.7 Å². The highest BCUT2D eigenvalue weighted by Gasteiger charge is 2.11. The number of methoxy groups -OCH3 is 2. The van der Waals surface area contributed by atoms with Crippen molar-refractivity contribution in [3.63, 3.8) is 0 Å². The first kappa shape index (κ1) is 19.0. The van der Waals surface area contributed by atoms with Gasteiger partial charge < -0.3 is 14.8 Å². The maximum atomic E-state index is 11.7. The lowest BCUT2D eigenvalue weighted by Crippen LogP contribution is -2.38. The summed E-state index contributed by atoms with van der Waals surface area (Å²) >= 11 is 0. The van der Waals surface area contributed by atoms with Crippen LogP contribution in [0, 0.1) is 0 Å². The van der Waals surface area contributed by atoms with E-state index in [1.54, 1.807) is 25.3 Å². The van der Waals surface area contributed by atoms with Crippen molar-refractivity contribution >= 4 is 18.0 Å². The fourth-order valence-electron chi connectivity index (χ4n) is 2.19. The van der Waals surface area contributed by atoms with Crippen LogP contribution in [-0.4, -0.2) is 38.8 Å². The number of amides is 2. The van der Waals surface area contributed by atoms with E-state index in [1.165, 1.54) is 13.3 Å². The Morgan fingerprint density at radius 3 is 2.42 bits per heavy atom. The van der Waals surface area contributed by atoms with Gasteiger partial charge in [-0.3, -0.25) is 9.59 Å². The molecule has 0 unspecified atom stereocenters.